The molecule has 9 heteroatoms. The number of aliphatic hydroxyl groups is 1. The molecule has 0 bridgehead atoms. The molecule has 1 aromatic rings. The van der Waals surface area contributed by atoms with Gasteiger partial charge in [-0.25, -0.2) is 9.48 Å². The molecule has 108 valence electrons. The molecule has 1 amide bonds. The summed E-state index contributed by atoms with van der Waals surface area (Å²) < 4.78 is 0.800. The molecular weight excluding hydrogens is 270 g/mol. The molecule has 1 aromatic heterocycles. The Morgan fingerprint density at radius 2 is 2.05 bits per heavy atom. The minimum Gasteiger partial charge on any atom is -0.480 e. The minimum absolute atomic E-state index is 0.0543. The lowest BCUT2D eigenvalue weighted by molar-refractivity contribution is -0.148. The van der Waals surface area contributed by atoms with E-state index in [0.29, 0.717) is 0 Å². The third-order valence-corrected chi connectivity index (χ3v) is 3.07. The summed E-state index contributed by atoms with van der Waals surface area (Å²) in [7, 11) is 0. The number of carbonyl (C=O) groups excluding carboxylic acids is 1. The summed E-state index contributed by atoms with van der Waals surface area (Å²) >= 11 is 0. The van der Waals surface area contributed by atoms with Gasteiger partial charge in [-0.3, -0.25) is 19.5 Å². The Hall–Kier alpha value is -2.42. The van der Waals surface area contributed by atoms with Crippen LogP contribution in [0, 0.1) is 0 Å². The van der Waals surface area contributed by atoms with Crippen LogP contribution < -0.4 is 11.1 Å². The molecule has 1 aliphatic heterocycles. The van der Waals surface area contributed by atoms with Gasteiger partial charge in [-0.15, -0.1) is 0 Å². The van der Waals surface area contributed by atoms with E-state index < -0.39 is 41.7 Å². The van der Waals surface area contributed by atoms with Gasteiger partial charge in [0, 0.05) is 25.1 Å². The monoisotopic (exact) mass is 283 g/mol. The molecular formula is C11H13N3O6. The average molecular weight is 283 g/mol. The van der Waals surface area contributed by atoms with Crippen molar-refractivity contribution >= 4 is 11.9 Å². The number of aliphatic carboxylic acids is 1. The first-order valence-corrected chi connectivity index (χ1v) is 5.89. The van der Waals surface area contributed by atoms with Crippen molar-refractivity contribution in [2.75, 3.05) is 6.54 Å². The predicted octanol–water partition coefficient (Wildman–Crippen LogP) is -2.42. The van der Waals surface area contributed by atoms with Gasteiger partial charge in [-0.05, 0) is 0 Å². The highest BCUT2D eigenvalue weighted by Crippen LogP contribution is 2.18. The molecule has 3 N–H and O–H groups in total. The van der Waals surface area contributed by atoms with Crippen molar-refractivity contribution in [2.24, 2.45) is 0 Å². The maximum absolute atomic E-state index is 12.0. The van der Waals surface area contributed by atoms with Crippen LogP contribution in [-0.4, -0.2) is 55.5 Å². The van der Waals surface area contributed by atoms with Gasteiger partial charge in [0.05, 0.1) is 6.10 Å². The number of carboxylic acids is 1. The third kappa shape index (κ3) is 2.77. The zero-order valence-electron chi connectivity index (χ0n) is 10.4. The second-order valence-electron chi connectivity index (χ2n) is 4.52. The Labute approximate surface area is 112 Å². The third-order valence-electron chi connectivity index (χ3n) is 3.07. The number of rotatable bonds is 3. The largest absolute Gasteiger partial charge is 0.480 e. The molecule has 1 saturated heterocycles. The highest BCUT2D eigenvalue weighted by atomic mass is 16.4. The van der Waals surface area contributed by atoms with Gasteiger partial charge in [0.15, 0.2) is 0 Å². The highest BCUT2D eigenvalue weighted by molar-refractivity contribution is 5.84. The maximum Gasteiger partial charge on any atom is 0.326 e. The van der Waals surface area contributed by atoms with E-state index in [2.05, 4.69) is 5.10 Å². The van der Waals surface area contributed by atoms with Crippen molar-refractivity contribution in [3.63, 3.8) is 0 Å². The normalized spacial score (nSPS) is 21.9. The number of H-pyrrole nitrogens is 1. The number of hydrogen-bond acceptors (Lipinski definition) is 5. The number of aromatic nitrogens is 2. The second kappa shape index (κ2) is 5.29. The molecule has 0 unspecified atom stereocenters. The zero-order valence-corrected chi connectivity index (χ0v) is 10.4. The van der Waals surface area contributed by atoms with Crippen LogP contribution in [0.5, 0.6) is 0 Å². The van der Waals surface area contributed by atoms with E-state index in [0.717, 1.165) is 21.7 Å². The Balaban J connectivity index is 2.19. The number of hydrogen-bond donors (Lipinski definition) is 3. The summed E-state index contributed by atoms with van der Waals surface area (Å²) in [5.41, 5.74) is -1.13. The van der Waals surface area contributed by atoms with Crippen molar-refractivity contribution in [3.8, 4) is 0 Å². The molecule has 1 aliphatic rings. The molecule has 0 saturated carbocycles. The number of nitrogens with zero attached hydrogens (tertiary/aromatic N) is 2. The lowest BCUT2D eigenvalue weighted by atomic mass is 10.2. The van der Waals surface area contributed by atoms with Gasteiger partial charge in [0.1, 0.15) is 12.6 Å². The van der Waals surface area contributed by atoms with E-state index in [4.69, 9.17) is 5.11 Å². The van der Waals surface area contributed by atoms with E-state index in [-0.39, 0.29) is 13.0 Å². The number of carboxylic acid groups (broad SMARTS) is 1. The van der Waals surface area contributed by atoms with Gasteiger partial charge in [0.25, 0.3) is 11.1 Å². The first-order chi connectivity index (χ1) is 9.38. The van der Waals surface area contributed by atoms with Gasteiger partial charge < -0.3 is 15.1 Å². The van der Waals surface area contributed by atoms with Crippen LogP contribution in [0.3, 0.4) is 0 Å². The average Bonchev–Trinajstić information content (AvgIpc) is 2.76. The van der Waals surface area contributed by atoms with Crippen LogP contribution in [0.2, 0.25) is 0 Å². The molecule has 0 radical (unpaired) electrons. The molecule has 0 aliphatic carbocycles. The van der Waals surface area contributed by atoms with Gasteiger partial charge >= 0.3 is 5.97 Å². The van der Waals surface area contributed by atoms with Gasteiger partial charge in [-0.1, -0.05) is 0 Å². The summed E-state index contributed by atoms with van der Waals surface area (Å²) in [5, 5.41) is 20.6. The van der Waals surface area contributed by atoms with E-state index in [9.17, 15) is 24.3 Å². The van der Waals surface area contributed by atoms with Crippen LogP contribution in [0.15, 0.2) is 21.7 Å². The van der Waals surface area contributed by atoms with Crippen molar-refractivity contribution < 1.29 is 19.8 Å². The molecule has 2 atom stereocenters. The molecule has 0 aromatic carbocycles. The molecule has 1 fully saturated rings. The van der Waals surface area contributed by atoms with Crippen LogP contribution in [0.4, 0.5) is 0 Å². The molecule has 2 rings (SSSR count). The summed E-state index contributed by atoms with van der Waals surface area (Å²) in [6.07, 6.45) is -0.965. The van der Waals surface area contributed by atoms with Crippen LogP contribution in [0.25, 0.3) is 0 Å². The number of nitrogens with one attached hydrogen (secondary N) is 1. The van der Waals surface area contributed by atoms with Crippen molar-refractivity contribution in [3.05, 3.63) is 32.8 Å². The Bertz CT molecular complexity index is 648. The zero-order chi connectivity index (χ0) is 14.9. The minimum atomic E-state index is -1.22. The van der Waals surface area contributed by atoms with Crippen molar-refractivity contribution in [1.82, 2.24) is 14.7 Å². The fraction of sp³-hybridized carbons (Fsp3) is 0.455. The smallest absolute Gasteiger partial charge is 0.326 e. The van der Waals surface area contributed by atoms with Crippen molar-refractivity contribution in [1.29, 1.82) is 0 Å². The van der Waals surface area contributed by atoms with E-state index in [1.807, 2.05) is 0 Å². The summed E-state index contributed by atoms with van der Waals surface area (Å²) in [6, 6.07) is 0.923. The quantitative estimate of drug-likeness (QED) is 0.565. The number of aromatic amines is 1. The molecule has 20 heavy (non-hydrogen) atoms. The van der Waals surface area contributed by atoms with E-state index >= 15 is 0 Å². The second-order valence-corrected chi connectivity index (χ2v) is 4.52. The fourth-order valence-corrected chi connectivity index (χ4v) is 2.13. The first kappa shape index (κ1) is 14.0. The fourth-order valence-electron chi connectivity index (χ4n) is 2.13. The van der Waals surface area contributed by atoms with E-state index in [1.165, 1.54) is 0 Å². The SMILES string of the molecule is O=C(O)[C@@H]1C[C@H](O)CN1C(=O)Cn1[nH]c(=O)ccc1=O. The van der Waals surface area contributed by atoms with Crippen LogP contribution >= 0.6 is 0 Å². The van der Waals surface area contributed by atoms with Gasteiger partial charge in [-0.2, -0.15) is 0 Å². The maximum atomic E-state index is 12.0. The van der Waals surface area contributed by atoms with Crippen LogP contribution in [-0.2, 0) is 16.1 Å². The number of carbonyl (C=O) groups is 2. The van der Waals surface area contributed by atoms with Crippen molar-refractivity contribution in [2.45, 2.75) is 25.1 Å². The summed E-state index contributed by atoms with van der Waals surface area (Å²) in [4.78, 5) is 46.6. The number of amides is 1. The Morgan fingerprint density at radius 1 is 1.35 bits per heavy atom. The van der Waals surface area contributed by atoms with Gasteiger partial charge in [0.2, 0.25) is 5.91 Å². The predicted molar refractivity (Wildman–Crippen MR) is 65.1 cm³/mol. The van der Waals surface area contributed by atoms with Crippen LogP contribution in [0.1, 0.15) is 6.42 Å². The topological polar surface area (TPSA) is 133 Å². The Kier molecular flexibility index (Phi) is 3.70. The Morgan fingerprint density at radius 3 is 2.70 bits per heavy atom. The molecule has 2 heterocycles. The van der Waals surface area contributed by atoms with E-state index in [1.54, 1.807) is 0 Å². The lowest BCUT2D eigenvalue weighted by Gasteiger charge is -2.21. The molecule has 9 nitrogen and oxygen atoms in total. The number of aliphatic hydroxyl groups excluding tert-OH is 1. The summed E-state index contributed by atoms with van der Waals surface area (Å²) in [6.45, 7) is -0.590. The highest BCUT2D eigenvalue weighted by Gasteiger charge is 2.38. The molecule has 0 spiro atoms. The lowest BCUT2D eigenvalue weighted by Crippen LogP contribution is -2.44. The first-order valence-electron chi connectivity index (χ1n) is 5.89. The number of likely N-dealkylation sites (tertiary alicyclic amines) is 1. The summed E-state index contributed by atoms with van der Waals surface area (Å²) in [5.74, 6) is -1.87. The number of β-amino-alcohol motifs (C(OH)–C–C–N with tert-alkyl or cyclic N) is 1. The standard InChI is InChI=1S/C11H13N3O6/c15-6-3-7(11(19)20)13(4-6)10(18)5-14-9(17)2-1-8(16)12-14/h1-2,6-7,15H,3-5H2,(H,12,16)(H,19,20)/t6-,7-/m0/s1.